The Morgan fingerprint density at radius 3 is 1.00 bits per heavy atom. The third-order valence-corrected chi connectivity index (χ3v) is 0.836. The van der Waals surface area contributed by atoms with E-state index in [2.05, 4.69) is 0 Å². The number of hydrogen-bond donors (Lipinski definition) is 2. The van der Waals surface area contributed by atoms with Crippen LogP contribution in [-0.4, -0.2) is 31.4 Å². The summed E-state index contributed by atoms with van der Waals surface area (Å²) in [7, 11) is 0. The van der Waals surface area contributed by atoms with Crippen molar-refractivity contribution in [1.82, 2.24) is 0 Å². The number of ketones is 2. The van der Waals surface area contributed by atoms with Gasteiger partial charge >= 0.3 is 11.6 Å². The molecule has 0 amide bonds. The molecule has 0 aliphatic rings. The molecule has 0 unspecified atom stereocenters. The first-order valence-corrected chi connectivity index (χ1v) is 4.05. The first-order chi connectivity index (χ1) is 6.25. The predicted octanol–water partition coefficient (Wildman–Crippen LogP) is 2.02. The molecular formula is C10H18O4V+2. The SMILES string of the molecule is CC(=[OH+])C=C(C)O.CC(=[OH+])C=C(C)O.[V]. The van der Waals surface area contributed by atoms with Crippen molar-refractivity contribution in [3.05, 3.63) is 23.7 Å². The van der Waals surface area contributed by atoms with E-state index in [9.17, 15) is 0 Å². The van der Waals surface area contributed by atoms with Crippen molar-refractivity contribution < 1.29 is 38.4 Å². The van der Waals surface area contributed by atoms with Crippen LogP contribution in [0.1, 0.15) is 27.7 Å². The Bertz CT molecular complexity index is 231. The zero-order valence-electron chi connectivity index (χ0n) is 9.39. The Labute approximate surface area is 102 Å². The second kappa shape index (κ2) is 11.1. The number of carbonyl (C=O) groups excluding carboxylic acids is 2. The van der Waals surface area contributed by atoms with Crippen LogP contribution in [0, 0.1) is 0 Å². The minimum absolute atomic E-state index is 0. The second-order valence-corrected chi connectivity index (χ2v) is 2.85. The molecule has 5 heteroatoms. The molecule has 0 aromatic carbocycles. The minimum atomic E-state index is 0. The quantitative estimate of drug-likeness (QED) is 0.448. The Balaban J connectivity index is -0.000000180. The number of allylic oxidation sites excluding steroid dienone is 4. The molecule has 15 heavy (non-hydrogen) atoms. The summed E-state index contributed by atoms with van der Waals surface area (Å²) in [6, 6.07) is 0. The van der Waals surface area contributed by atoms with Crippen LogP contribution in [0.3, 0.4) is 0 Å². The Morgan fingerprint density at radius 2 is 1.00 bits per heavy atom. The summed E-state index contributed by atoms with van der Waals surface area (Å²) in [5, 5.41) is 16.8. The molecule has 4 N–H and O–H groups in total. The molecule has 0 heterocycles. The van der Waals surface area contributed by atoms with Crippen molar-refractivity contribution in [2.45, 2.75) is 27.7 Å². The van der Waals surface area contributed by atoms with Gasteiger partial charge in [-0.15, -0.1) is 0 Å². The Hall–Kier alpha value is -0.996. The summed E-state index contributed by atoms with van der Waals surface area (Å²) in [6.07, 6.45) is 2.56. The van der Waals surface area contributed by atoms with Crippen molar-refractivity contribution in [1.29, 1.82) is 0 Å². The zero-order valence-corrected chi connectivity index (χ0v) is 10.8. The smallest absolute Gasteiger partial charge is 0.316 e. The third kappa shape index (κ3) is 32.1. The van der Waals surface area contributed by atoms with Gasteiger partial charge in [-0.05, 0) is 13.8 Å². The second-order valence-electron chi connectivity index (χ2n) is 2.85. The van der Waals surface area contributed by atoms with Gasteiger partial charge in [-0.2, -0.15) is 0 Å². The van der Waals surface area contributed by atoms with Crippen LogP contribution in [0.4, 0.5) is 0 Å². The Morgan fingerprint density at radius 1 is 0.800 bits per heavy atom. The zero-order chi connectivity index (χ0) is 11.7. The van der Waals surface area contributed by atoms with Gasteiger partial charge in [0.05, 0.1) is 37.5 Å². The normalized spacial score (nSPS) is 10.7. The van der Waals surface area contributed by atoms with E-state index in [1.807, 2.05) is 0 Å². The molecule has 0 bridgehead atoms. The summed E-state index contributed by atoms with van der Waals surface area (Å²) in [6.45, 7) is 6.00. The molecule has 0 fully saturated rings. The van der Waals surface area contributed by atoms with Gasteiger partial charge in [0.15, 0.2) is 0 Å². The maximum Gasteiger partial charge on any atom is 0.316 e. The molecule has 0 saturated heterocycles. The van der Waals surface area contributed by atoms with Crippen LogP contribution in [-0.2, 0) is 18.6 Å². The van der Waals surface area contributed by atoms with Crippen LogP contribution in [0.25, 0.3) is 0 Å². The van der Waals surface area contributed by atoms with Crippen molar-refractivity contribution in [3.8, 4) is 0 Å². The van der Waals surface area contributed by atoms with E-state index in [-0.39, 0.29) is 41.6 Å². The minimum Gasteiger partial charge on any atom is -0.512 e. The van der Waals surface area contributed by atoms with Crippen molar-refractivity contribution in [3.63, 3.8) is 0 Å². The molecular weight excluding hydrogens is 235 g/mol. The van der Waals surface area contributed by atoms with E-state index in [1.54, 1.807) is 0 Å². The van der Waals surface area contributed by atoms with Crippen LogP contribution < -0.4 is 0 Å². The van der Waals surface area contributed by atoms with E-state index < -0.39 is 0 Å². The fourth-order valence-electron chi connectivity index (χ4n) is 0.605. The van der Waals surface area contributed by atoms with Gasteiger partial charge in [-0.3, -0.25) is 9.59 Å². The molecule has 0 aliphatic heterocycles. The van der Waals surface area contributed by atoms with Gasteiger partial charge in [0.1, 0.15) is 0 Å². The maximum absolute atomic E-state index is 8.40. The molecule has 0 aliphatic carbocycles. The molecule has 85 valence electrons. The molecule has 0 atom stereocenters. The molecule has 0 saturated carbocycles. The van der Waals surface area contributed by atoms with Crippen LogP contribution in [0.15, 0.2) is 23.7 Å². The van der Waals surface area contributed by atoms with E-state index in [0.717, 1.165) is 0 Å². The molecule has 0 aromatic rings. The molecule has 4 nitrogen and oxygen atoms in total. The van der Waals surface area contributed by atoms with Gasteiger partial charge < -0.3 is 10.2 Å². The van der Waals surface area contributed by atoms with Gasteiger partial charge in [-0.1, -0.05) is 0 Å². The van der Waals surface area contributed by atoms with E-state index in [1.165, 1.54) is 39.8 Å². The van der Waals surface area contributed by atoms with Crippen molar-refractivity contribution in [2.24, 2.45) is 0 Å². The first kappa shape index (κ1) is 19.6. The van der Waals surface area contributed by atoms with Crippen LogP contribution in [0.5, 0.6) is 0 Å². The molecule has 0 rings (SSSR count). The van der Waals surface area contributed by atoms with Gasteiger partial charge in [0.25, 0.3) is 0 Å². The van der Waals surface area contributed by atoms with Crippen molar-refractivity contribution in [2.75, 3.05) is 0 Å². The number of aliphatic hydroxyl groups excluding tert-OH is 2. The fourth-order valence-corrected chi connectivity index (χ4v) is 0.605. The third-order valence-electron chi connectivity index (χ3n) is 0.836. The summed E-state index contributed by atoms with van der Waals surface area (Å²) >= 11 is 0. The monoisotopic (exact) mass is 253 g/mol. The van der Waals surface area contributed by atoms with E-state index in [0.29, 0.717) is 0 Å². The standard InChI is InChI=1S/2C5H8O2.V/c2*1-4(6)3-5(2)7;/h2*3,6H,1-2H3;/p+2. The summed E-state index contributed by atoms with van der Waals surface area (Å²) in [5.41, 5.74) is 0. The number of hydrogen-bond acceptors (Lipinski definition) is 2. The van der Waals surface area contributed by atoms with Gasteiger partial charge in [0, 0.05) is 18.6 Å². The predicted molar refractivity (Wildman–Crippen MR) is 58.0 cm³/mol. The molecule has 1 radical (unpaired) electrons. The summed E-state index contributed by atoms with van der Waals surface area (Å²) in [5.74, 6) is 0.500. The largest absolute Gasteiger partial charge is 0.512 e. The molecule has 0 spiro atoms. The van der Waals surface area contributed by atoms with E-state index in [4.69, 9.17) is 19.8 Å². The average molecular weight is 253 g/mol. The summed E-state index contributed by atoms with van der Waals surface area (Å²) < 4.78 is 0. The van der Waals surface area contributed by atoms with E-state index >= 15 is 0 Å². The fraction of sp³-hybridized carbons (Fsp3) is 0.400. The topological polar surface area (TPSA) is 83.3 Å². The van der Waals surface area contributed by atoms with Crippen LogP contribution in [0.2, 0.25) is 0 Å². The van der Waals surface area contributed by atoms with Crippen LogP contribution >= 0.6 is 0 Å². The Kier molecular flexibility index (Phi) is 14.4. The maximum atomic E-state index is 8.40. The molecule has 0 aromatic heterocycles. The summed E-state index contributed by atoms with van der Waals surface area (Å²) in [4.78, 5) is 16.8. The number of rotatable bonds is 2. The number of aliphatic hydroxyl groups is 2. The first-order valence-electron chi connectivity index (χ1n) is 4.05. The average Bonchev–Trinajstić information content (AvgIpc) is 1.79. The van der Waals surface area contributed by atoms with Gasteiger partial charge in [0.2, 0.25) is 0 Å². The van der Waals surface area contributed by atoms with Gasteiger partial charge in [-0.25, -0.2) is 0 Å². The van der Waals surface area contributed by atoms with Crippen molar-refractivity contribution >= 4 is 11.6 Å².